The highest BCUT2D eigenvalue weighted by molar-refractivity contribution is 5.88. The molecule has 19 heavy (non-hydrogen) atoms. The smallest absolute Gasteiger partial charge is 0.161 e. The molecule has 0 aliphatic rings. The number of methoxy groups -OCH3 is 1. The first kappa shape index (κ1) is 13.1. The quantitative estimate of drug-likeness (QED) is 0.627. The molecule has 0 fully saturated rings. The SMILES string of the molecule is COc1ccc(-c2cc(F)c(F)cc2F)c(C=O)c1. The summed E-state index contributed by atoms with van der Waals surface area (Å²) >= 11 is 0. The topological polar surface area (TPSA) is 26.3 Å². The van der Waals surface area contributed by atoms with Gasteiger partial charge >= 0.3 is 0 Å². The van der Waals surface area contributed by atoms with Crippen molar-refractivity contribution >= 4 is 6.29 Å². The van der Waals surface area contributed by atoms with Crippen molar-refractivity contribution in [2.45, 2.75) is 0 Å². The lowest BCUT2D eigenvalue weighted by atomic mass is 9.99. The average Bonchev–Trinajstić information content (AvgIpc) is 2.42. The fourth-order valence-corrected chi connectivity index (χ4v) is 1.74. The second kappa shape index (κ2) is 5.14. The molecule has 2 aromatic rings. The van der Waals surface area contributed by atoms with E-state index in [2.05, 4.69) is 0 Å². The van der Waals surface area contributed by atoms with Crippen LogP contribution in [-0.4, -0.2) is 13.4 Å². The predicted molar refractivity (Wildman–Crippen MR) is 63.7 cm³/mol. The minimum Gasteiger partial charge on any atom is -0.497 e. The zero-order chi connectivity index (χ0) is 14.0. The van der Waals surface area contributed by atoms with Crippen molar-refractivity contribution in [3.63, 3.8) is 0 Å². The minimum absolute atomic E-state index is 0.129. The lowest BCUT2D eigenvalue weighted by Crippen LogP contribution is -1.95. The van der Waals surface area contributed by atoms with Gasteiger partial charge in [-0.05, 0) is 29.8 Å². The van der Waals surface area contributed by atoms with E-state index in [-0.39, 0.29) is 16.7 Å². The summed E-state index contributed by atoms with van der Waals surface area (Å²) in [5.74, 6) is -2.98. The zero-order valence-corrected chi connectivity index (χ0v) is 9.91. The standard InChI is InChI=1S/C14H9F3O2/c1-19-9-2-3-10(8(4-9)7-18)11-5-13(16)14(17)6-12(11)15/h2-7H,1H3. The molecule has 0 spiro atoms. The van der Waals surface area contributed by atoms with E-state index in [1.54, 1.807) is 0 Å². The van der Waals surface area contributed by atoms with E-state index < -0.39 is 17.5 Å². The maximum Gasteiger partial charge on any atom is 0.161 e. The molecule has 0 saturated carbocycles. The Hall–Kier alpha value is -2.30. The van der Waals surface area contributed by atoms with Crippen molar-refractivity contribution in [2.75, 3.05) is 7.11 Å². The third-order valence-corrected chi connectivity index (χ3v) is 2.69. The summed E-state index contributed by atoms with van der Waals surface area (Å²) in [5.41, 5.74) is 0.125. The van der Waals surface area contributed by atoms with Gasteiger partial charge in [0.2, 0.25) is 0 Å². The number of aldehydes is 1. The van der Waals surface area contributed by atoms with Crippen LogP contribution in [0.25, 0.3) is 11.1 Å². The Labute approximate surface area is 107 Å². The molecule has 0 bridgehead atoms. The van der Waals surface area contributed by atoms with E-state index in [0.29, 0.717) is 18.1 Å². The summed E-state index contributed by atoms with van der Waals surface area (Å²) in [6.45, 7) is 0. The number of carbonyl (C=O) groups excluding carboxylic acids is 1. The van der Waals surface area contributed by atoms with Gasteiger partial charge in [-0.1, -0.05) is 0 Å². The van der Waals surface area contributed by atoms with Crippen LogP contribution in [0, 0.1) is 17.5 Å². The van der Waals surface area contributed by atoms with Gasteiger partial charge in [-0.3, -0.25) is 4.79 Å². The molecule has 5 heteroatoms. The van der Waals surface area contributed by atoms with Gasteiger partial charge in [-0.15, -0.1) is 0 Å². The molecule has 0 saturated heterocycles. The van der Waals surface area contributed by atoms with Crippen molar-refractivity contribution in [2.24, 2.45) is 0 Å². The Bertz CT molecular complexity index is 639. The molecule has 0 amide bonds. The fraction of sp³-hybridized carbons (Fsp3) is 0.0714. The lowest BCUT2D eigenvalue weighted by Gasteiger charge is -2.09. The summed E-state index contributed by atoms with van der Waals surface area (Å²) < 4.78 is 44.6. The van der Waals surface area contributed by atoms with E-state index in [1.165, 1.54) is 25.3 Å². The van der Waals surface area contributed by atoms with Crippen molar-refractivity contribution < 1.29 is 22.7 Å². The number of hydrogen-bond acceptors (Lipinski definition) is 2. The minimum atomic E-state index is -1.28. The van der Waals surface area contributed by atoms with Gasteiger partial charge in [0.1, 0.15) is 11.6 Å². The number of benzene rings is 2. The van der Waals surface area contributed by atoms with Gasteiger partial charge in [0, 0.05) is 17.2 Å². The van der Waals surface area contributed by atoms with E-state index >= 15 is 0 Å². The predicted octanol–water partition coefficient (Wildman–Crippen LogP) is 3.59. The molecular weight excluding hydrogens is 257 g/mol. The van der Waals surface area contributed by atoms with Crippen molar-refractivity contribution in [1.29, 1.82) is 0 Å². The summed E-state index contributed by atoms with van der Waals surface area (Å²) in [5, 5.41) is 0. The van der Waals surface area contributed by atoms with Crippen LogP contribution >= 0.6 is 0 Å². The molecule has 98 valence electrons. The van der Waals surface area contributed by atoms with E-state index in [9.17, 15) is 18.0 Å². The molecule has 0 heterocycles. The molecule has 0 unspecified atom stereocenters. The Kier molecular flexibility index (Phi) is 3.55. The molecule has 0 aliphatic heterocycles. The number of halogens is 3. The zero-order valence-electron chi connectivity index (χ0n) is 9.91. The maximum atomic E-state index is 13.7. The number of rotatable bonds is 3. The van der Waals surface area contributed by atoms with Crippen LogP contribution in [0.4, 0.5) is 13.2 Å². The van der Waals surface area contributed by atoms with Crippen LogP contribution in [0.15, 0.2) is 30.3 Å². The van der Waals surface area contributed by atoms with Gasteiger partial charge in [0.05, 0.1) is 7.11 Å². The number of ether oxygens (including phenoxy) is 1. The van der Waals surface area contributed by atoms with Crippen LogP contribution in [0.3, 0.4) is 0 Å². The van der Waals surface area contributed by atoms with E-state index in [0.717, 1.165) is 6.07 Å². The van der Waals surface area contributed by atoms with Crippen LogP contribution in [0.1, 0.15) is 10.4 Å². The highest BCUT2D eigenvalue weighted by Gasteiger charge is 2.14. The van der Waals surface area contributed by atoms with Crippen LogP contribution in [0.5, 0.6) is 5.75 Å². The summed E-state index contributed by atoms with van der Waals surface area (Å²) in [7, 11) is 1.42. The summed E-state index contributed by atoms with van der Waals surface area (Å²) in [4.78, 5) is 11.0. The van der Waals surface area contributed by atoms with Crippen LogP contribution in [-0.2, 0) is 0 Å². The summed E-state index contributed by atoms with van der Waals surface area (Å²) in [6, 6.07) is 5.48. The largest absolute Gasteiger partial charge is 0.497 e. The highest BCUT2D eigenvalue weighted by Crippen LogP contribution is 2.29. The van der Waals surface area contributed by atoms with Gasteiger partial charge in [-0.25, -0.2) is 13.2 Å². The molecular formula is C14H9F3O2. The molecule has 0 aliphatic carbocycles. The van der Waals surface area contributed by atoms with Crippen molar-refractivity contribution in [3.05, 3.63) is 53.3 Å². The van der Waals surface area contributed by atoms with Crippen molar-refractivity contribution in [3.8, 4) is 16.9 Å². The second-order valence-electron chi connectivity index (χ2n) is 3.82. The first-order chi connectivity index (χ1) is 9.06. The summed E-state index contributed by atoms with van der Waals surface area (Å²) in [6.07, 6.45) is 0.499. The van der Waals surface area contributed by atoms with Crippen LogP contribution in [0.2, 0.25) is 0 Å². The average molecular weight is 266 g/mol. The van der Waals surface area contributed by atoms with Gasteiger partial charge in [0.15, 0.2) is 17.9 Å². The van der Waals surface area contributed by atoms with E-state index in [4.69, 9.17) is 4.74 Å². The van der Waals surface area contributed by atoms with Gasteiger partial charge in [-0.2, -0.15) is 0 Å². The molecule has 2 rings (SSSR count). The van der Waals surface area contributed by atoms with E-state index in [1.807, 2.05) is 0 Å². The first-order valence-electron chi connectivity index (χ1n) is 5.35. The maximum absolute atomic E-state index is 13.7. The Morgan fingerprint density at radius 1 is 0.947 bits per heavy atom. The Balaban J connectivity index is 2.65. The Morgan fingerprint density at radius 2 is 1.63 bits per heavy atom. The highest BCUT2D eigenvalue weighted by atomic mass is 19.2. The lowest BCUT2D eigenvalue weighted by molar-refractivity contribution is 0.112. The first-order valence-corrected chi connectivity index (χ1v) is 5.35. The molecule has 0 N–H and O–H groups in total. The van der Waals surface area contributed by atoms with Gasteiger partial charge < -0.3 is 4.74 Å². The third-order valence-electron chi connectivity index (χ3n) is 2.69. The van der Waals surface area contributed by atoms with Crippen molar-refractivity contribution in [1.82, 2.24) is 0 Å². The van der Waals surface area contributed by atoms with Gasteiger partial charge in [0.25, 0.3) is 0 Å². The Morgan fingerprint density at radius 3 is 2.26 bits per heavy atom. The van der Waals surface area contributed by atoms with Crippen LogP contribution < -0.4 is 4.74 Å². The number of carbonyl (C=O) groups is 1. The molecule has 0 atom stereocenters. The monoisotopic (exact) mass is 266 g/mol. The normalized spacial score (nSPS) is 10.3. The third kappa shape index (κ3) is 2.45. The number of hydrogen-bond donors (Lipinski definition) is 0. The molecule has 2 aromatic carbocycles. The fourth-order valence-electron chi connectivity index (χ4n) is 1.74. The molecule has 2 nitrogen and oxygen atoms in total. The molecule has 0 radical (unpaired) electrons. The molecule has 0 aromatic heterocycles. The second-order valence-corrected chi connectivity index (χ2v) is 3.82.